The third-order valence-corrected chi connectivity index (χ3v) is 5.42. The predicted octanol–water partition coefficient (Wildman–Crippen LogP) is 6.68. The highest BCUT2D eigenvalue weighted by Crippen LogP contribution is 2.33. The Labute approximate surface area is 185 Å². The lowest BCUT2D eigenvalue weighted by molar-refractivity contribution is -0.114. The number of amides is 2. The molecule has 4 aromatic rings. The van der Waals surface area contributed by atoms with Gasteiger partial charge in [0, 0.05) is 18.3 Å². The van der Waals surface area contributed by atoms with E-state index >= 15 is 0 Å². The lowest BCUT2D eigenvalue weighted by Gasteiger charge is -2.13. The minimum atomic E-state index is -0.313. The topological polar surface area (TPSA) is 58.2 Å². The number of benzene rings is 4. The highest BCUT2D eigenvalue weighted by molar-refractivity contribution is 6.34. The monoisotopic (exact) mass is 428 g/mol. The fraction of sp³-hybridized carbons (Fsp3) is 0.0769. The summed E-state index contributed by atoms with van der Waals surface area (Å²) in [6, 6.07) is 25.1. The number of rotatable bonds is 4. The molecule has 0 spiro atoms. The van der Waals surface area contributed by atoms with Crippen LogP contribution in [0.1, 0.15) is 22.8 Å². The summed E-state index contributed by atoms with van der Waals surface area (Å²) in [5.41, 5.74) is 4.85. The van der Waals surface area contributed by atoms with Gasteiger partial charge in [-0.15, -0.1) is 0 Å². The first-order valence-electron chi connectivity index (χ1n) is 9.89. The van der Waals surface area contributed by atoms with Gasteiger partial charge in [0.05, 0.1) is 10.6 Å². The molecule has 154 valence electrons. The second-order valence-corrected chi connectivity index (χ2v) is 7.79. The Bertz CT molecular complexity index is 1310. The number of aryl methyl sites for hydroxylation is 1. The van der Waals surface area contributed by atoms with Crippen LogP contribution >= 0.6 is 11.6 Å². The number of hydrogen-bond donors (Lipinski definition) is 2. The first-order valence-corrected chi connectivity index (χ1v) is 10.3. The van der Waals surface area contributed by atoms with E-state index in [1.165, 1.54) is 12.3 Å². The van der Waals surface area contributed by atoms with Gasteiger partial charge in [-0.1, -0.05) is 60.1 Å². The maximum absolute atomic E-state index is 12.8. The highest BCUT2D eigenvalue weighted by atomic mass is 35.5. The van der Waals surface area contributed by atoms with Crippen molar-refractivity contribution in [3.8, 4) is 11.1 Å². The first-order chi connectivity index (χ1) is 14.9. The molecule has 0 aliphatic heterocycles. The van der Waals surface area contributed by atoms with Crippen molar-refractivity contribution in [2.75, 3.05) is 10.6 Å². The number of carbonyl (C=O) groups excluding carboxylic acids is 2. The summed E-state index contributed by atoms with van der Waals surface area (Å²) >= 11 is 6.28. The lowest BCUT2D eigenvalue weighted by Crippen LogP contribution is -2.13. The summed E-state index contributed by atoms with van der Waals surface area (Å²) in [5, 5.41) is 8.18. The van der Waals surface area contributed by atoms with Crippen LogP contribution in [-0.4, -0.2) is 11.8 Å². The smallest absolute Gasteiger partial charge is 0.257 e. The summed E-state index contributed by atoms with van der Waals surface area (Å²) in [5.74, 6) is -0.513. The van der Waals surface area contributed by atoms with Gasteiger partial charge in [0.1, 0.15) is 0 Å². The molecule has 0 unspecified atom stereocenters. The third-order valence-electron chi connectivity index (χ3n) is 5.11. The molecule has 5 heteroatoms. The number of halogens is 1. The number of fused-ring (bicyclic) bond motifs is 1. The molecule has 2 N–H and O–H groups in total. The fourth-order valence-corrected chi connectivity index (χ4v) is 3.90. The van der Waals surface area contributed by atoms with Gasteiger partial charge in [0.2, 0.25) is 5.91 Å². The summed E-state index contributed by atoms with van der Waals surface area (Å²) in [6.45, 7) is 3.47. The van der Waals surface area contributed by atoms with Crippen LogP contribution in [0.5, 0.6) is 0 Å². The summed E-state index contributed by atoms with van der Waals surface area (Å²) < 4.78 is 0. The Kier molecular flexibility index (Phi) is 5.74. The van der Waals surface area contributed by atoms with Crippen molar-refractivity contribution in [3.05, 3.63) is 95.0 Å². The fourth-order valence-electron chi connectivity index (χ4n) is 3.63. The summed E-state index contributed by atoms with van der Waals surface area (Å²) in [7, 11) is 0. The number of anilines is 2. The van der Waals surface area contributed by atoms with E-state index in [0.717, 1.165) is 22.1 Å². The molecule has 0 saturated carbocycles. The molecule has 31 heavy (non-hydrogen) atoms. The minimum absolute atomic E-state index is 0.200. The van der Waals surface area contributed by atoms with Crippen LogP contribution < -0.4 is 10.6 Å². The van der Waals surface area contributed by atoms with Gasteiger partial charge in [-0.2, -0.15) is 0 Å². The van der Waals surface area contributed by atoms with Gasteiger partial charge < -0.3 is 10.6 Å². The Morgan fingerprint density at radius 3 is 2.26 bits per heavy atom. The highest BCUT2D eigenvalue weighted by Gasteiger charge is 2.13. The van der Waals surface area contributed by atoms with Crippen molar-refractivity contribution in [2.24, 2.45) is 0 Å². The number of carbonyl (C=O) groups is 2. The van der Waals surface area contributed by atoms with E-state index in [4.69, 9.17) is 11.6 Å². The van der Waals surface area contributed by atoms with Crippen LogP contribution in [0.25, 0.3) is 21.9 Å². The lowest BCUT2D eigenvalue weighted by atomic mass is 9.95. The van der Waals surface area contributed by atoms with Gasteiger partial charge >= 0.3 is 0 Å². The molecule has 0 aliphatic rings. The molecule has 0 atom stereocenters. The van der Waals surface area contributed by atoms with Gasteiger partial charge in [0.15, 0.2) is 0 Å². The Hall–Kier alpha value is -3.63. The molecule has 0 bridgehead atoms. The van der Waals surface area contributed by atoms with E-state index in [-0.39, 0.29) is 16.8 Å². The normalized spacial score (nSPS) is 10.7. The minimum Gasteiger partial charge on any atom is -0.326 e. The van der Waals surface area contributed by atoms with Crippen LogP contribution in [-0.2, 0) is 4.79 Å². The molecular formula is C26H21ClN2O2. The van der Waals surface area contributed by atoms with Gasteiger partial charge in [-0.25, -0.2) is 0 Å². The van der Waals surface area contributed by atoms with Crippen molar-refractivity contribution >= 4 is 45.6 Å². The third kappa shape index (κ3) is 4.44. The van der Waals surface area contributed by atoms with Gasteiger partial charge in [-0.3, -0.25) is 9.59 Å². The standard InChI is InChI=1S/C26H21ClN2O2/c1-16-10-11-19(14-24(16)22-9-5-7-18-6-3-4-8-21(18)22)29-26(31)23-13-12-20(15-25(23)27)28-17(2)30/h3-15H,1-2H3,(H,28,30)(H,29,31). The molecule has 0 aromatic heterocycles. The molecule has 0 aliphatic carbocycles. The van der Waals surface area contributed by atoms with Crippen molar-refractivity contribution in [2.45, 2.75) is 13.8 Å². The Morgan fingerprint density at radius 1 is 0.774 bits per heavy atom. The van der Waals surface area contributed by atoms with E-state index in [0.29, 0.717) is 16.9 Å². The SMILES string of the molecule is CC(=O)Nc1ccc(C(=O)Nc2ccc(C)c(-c3cccc4ccccc34)c2)c(Cl)c1. The average molecular weight is 429 g/mol. The predicted molar refractivity (Wildman–Crippen MR) is 128 cm³/mol. The van der Waals surface area contributed by atoms with Crippen LogP contribution in [0.4, 0.5) is 11.4 Å². The second kappa shape index (κ2) is 8.62. The Balaban J connectivity index is 1.65. The second-order valence-electron chi connectivity index (χ2n) is 7.39. The van der Waals surface area contributed by atoms with E-state index < -0.39 is 0 Å². The molecule has 4 aromatic carbocycles. The van der Waals surface area contributed by atoms with Crippen molar-refractivity contribution < 1.29 is 9.59 Å². The quantitative estimate of drug-likeness (QED) is 0.381. The largest absolute Gasteiger partial charge is 0.326 e. The van der Waals surface area contributed by atoms with Crippen LogP contribution in [0.15, 0.2) is 78.9 Å². The number of hydrogen-bond acceptors (Lipinski definition) is 2. The molecule has 2 amide bonds. The van der Waals surface area contributed by atoms with Gasteiger partial charge in [0.25, 0.3) is 5.91 Å². The zero-order chi connectivity index (χ0) is 22.0. The average Bonchev–Trinajstić information content (AvgIpc) is 2.74. The van der Waals surface area contributed by atoms with Crippen LogP contribution in [0.3, 0.4) is 0 Å². The molecule has 4 nitrogen and oxygen atoms in total. The molecule has 0 saturated heterocycles. The number of nitrogens with one attached hydrogen (secondary N) is 2. The molecular weight excluding hydrogens is 408 g/mol. The van der Waals surface area contributed by atoms with Crippen molar-refractivity contribution in [1.82, 2.24) is 0 Å². The van der Waals surface area contributed by atoms with Crippen molar-refractivity contribution in [3.63, 3.8) is 0 Å². The zero-order valence-corrected chi connectivity index (χ0v) is 18.0. The molecule has 0 radical (unpaired) electrons. The Morgan fingerprint density at radius 2 is 1.48 bits per heavy atom. The van der Waals surface area contributed by atoms with Crippen LogP contribution in [0.2, 0.25) is 5.02 Å². The summed E-state index contributed by atoms with van der Waals surface area (Å²) in [6.07, 6.45) is 0. The first kappa shape index (κ1) is 20.6. The van der Waals surface area contributed by atoms with E-state index in [1.54, 1.807) is 18.2 Å². The van der Waals surface area contributed by atoms with Gasteiger partial charge in [-0.05, 0) is 64.7 Å². The maximum atomic E-state index is 12.8. The zero-order valence-electron chi connectivity index (χ0n) is 17.2. The molecule has 0 heterocycles. The van der Waals surface area contributed by atoms with E-state index in [9.17, 15) is 9.59 Å². The molecule has 0 fully saturated rings. The molecule has 4 rings (SSSR count). The van der Waals surface area contributed by atoms with Crippen LogP contribution in [0, 0.1) is 6.92 Å². The maximum Gasteiger partial charge on any atom is 0.257 e. The van der Waals surface area contributed by atoms with E-state index in [1.807, 2.05) is 36.4 Å². The summed E-state index contributed by atoms with van der Waals surface area (Å²) in [4.78, 5) is 24.0. The van der Waals surface area contributed by atoms with E-state index in [2.05, 4.69) is 41.8 Å². The van der Waals surface area contributed by atoms with Crippen molar-refractivity contribution in [1.29, 1.82) is 0 Å².